The van der Waals surface area contributed by atoms with E-state index in [2.05, 4.69) is 10.6 Å². The van der Waals surface area contributed by atoms with Crippen LogP contribution in [0.1, 0.15) is 38.7 Å². The number of carboxylic acid groups (broad SMARTS) is 1. The van der Waals surface area contributed by atoms with Crippen LogP contribution in [0.2, 0.25) is 0 Å². The summed E-state index contributed by atoms with van der Waals surface area (Å²) in [4.78, 5) is 54.2. The summed E-state index contributed by atoms with van der Waals surface area (Å²) in [5.41, 5.74) is 0.980. The molecule has 1 fully saturated rings. The molecule has 0 aliphatic carbocycles. The van der Waals surface area contributed by atoms with Crippen molar-refractivity contribution in [2.24, 2.45) is 0 Å². The fourth-order valence-corrected chi connectivity index (χ4v) is 4.89. The second-order valence-corrected chi connectivity index (χ2v) is 10.5. The molecule has 1 aliphatic rings. The highest BCUT2D eigenvalue weighted by Crippen LogP contribution is 2.07. The summed E-state index contributed by atoms with van der Waals surface area (Å²) in [7, 11) is 0. The molecule has 1 saturated heterocycles. The van der Waals surface area contributed by atoms with Gasteiger partial charge in [0, 0.05) is 58.4 Å². The lowest BCUT2D eigenvalue weighted by atomic mass is 10.1. The molecular formula is C30H49N5O7. The molecule has 1 aliphatic heterocycles. The van der Waals surface area contributed by atoms with Crippen molar-refractivity contribution in [3.63, 3.8) is 0 Å². The summed E-state index contributed by atoms with van der Waals surface area (Å²) < 4.78 is 10.3. The predicted octanol–water partition coefficient (Wildman–Crippen LogP) is 0.604. The number of carbonyl (C=O) groups is 4. The topological polar surface area (TPSA) is 141 Å². The average Bonchev–Trinajstić information content (AvgIpc) is 2.93. The summed E-state index contributed by atoms with van der Waals surface area (Å²) >= 11 is 0. The molecule has 1 atom stereocenters. The first-order valence-corrected chi connectivity index (χ1v) is 15.0. The van der Waals surface area contributed by atoms with Crippen molar-refractivity contribution in [3.8, 4) is 0 Å². The van der Waals surface area contributed by atoms with Gasteiger partial charge in [0.15, 0.2) is 0 Å². The van der Waals surface area contributed by atoms with Gasteiger partial charge in [0.2, 0.25) is 5.91 Å². The molecule has 1 aromatic carbocycles. The second kappa shape index (κ2) is 20.8. The summed E-state index contributed by atoms with van der Waals surface area (Å²) in [5, 5.41) is 16.0. The Kier molecular flexibility index (Phi) is 17.4. The van der Waals surface area contributed by atoms with E-state index in [1.807, 2.05) is 45.0 Å². The molecule has 1 amide bonds. The molecular weight excluding hydrogens is 542 g/mol. The van der Waals surface area contributed by atoms with Gasteiger partial charge in [-0.3, -0.25) is 33.9 Å². The van der Waals surface area contributed by atoms with Crippen LogP contribution in [0, 0.1) is 0 Å². The van der Waals surface area contributed by atoms with E-state index in [4.69, 9.17) is 9.47 Å². The molecule has 12 nitrogen and oxygen atoms in total. The third-order valence-electron chi connectivity index (χ3n) is 6.99. The highest BCUT2D eigenvalue weighted by Gasteiger charge is 2.22. The van der Waals surface area contributed by atoms with Gasteiger partial charge in [-0.1, -0.05) is 36.8 Å². The molecule has 1 aromatic rings. The van der Waals surface area contributed by atoms with Gasteiger partial charge in [-0.15, -0.1) is 0 Å². The van der Waals surface area contributed by atoms with Gasteiger partial charge in [-0.2, -0.15) is 0 Å². The number of nitrogens with one attached hydrogen (secondary N) is 2. The van der Waals surface area contributed by atoms with Crippen molar-refractivity contribution in [2.45, 2.75) is 45.6 Å². The van der Waals surface area contributed by atoms with Crippen molar-refractivity contribution in [1.29, 1.82) is 0 Å². The first-order chi connectivity index (χ1) is 20.3. The van der Waals surface area contributed by atoms with Crippen LogP contribution in [0.3, 0.4) is 0 Å². The van der Waals surface area contributed by atoms with E-state index in [0.717, 1.165) is 24.8 Å². The van der Waals surface area contributed by atoms with Crippen molar-refractivity contribution >= 4 is 23.8 Å². The zero-order valence-corrected chi connectivity index (χ0v) is 25.2. The largest absolute Gasteiger partial charge is 0.480 e. The number of unbranched alkanes of at least 4 members (excludes halogenated alkanes) is 1. The molecule has 0 bridgehead atoms. The number of ether oxygens (including phenoxy) is 2. The van der Waals surface area contributed by atoms with Crippen LogP contribution in [0.5, 0.6) is 0 Å². The van der Waals surface area contributed by atoms with E-state index in [-0.39, 0.29) is 43.5 Å². The molecule has 2 rings (SSSR count). The minimum atomic E-state index is -0.925. The van der Waals surface area contributed by atoms with Crippen molar-refractivity contribution in [2.75, 3.05) is 85.2 Å². The fourth-order valence-electron chi connectivity index (χ4n) is 4.89. The number of benzene rings is 1. The highest BCUT2D eigenvalue weighted by molar-refractivity contribution is 5.78. The third-order valence-corrected chi connectivity index (χ3v) is 6.99. The van der Waals surface area contributed by atoms with Gasteiger partial charge in [-0.25, -0.2) is 0 Å². The van der Waals surface area contributed by atoms with Crippen LogP contribution in [0.25, 0.3) is 0 Å². The first-order valence-electron chi connectivity index (χ1n) is 15.0. The molecule has 0 radical (unpaired) electrons. The maximum Gasteiger partial charge on any atom is 0.320 e. The first kappa shape index (κ1) is 35.1. The van der Waals surface area contributed by atoms with E-state index in [1.54, 1.807) is 13.8 Å². The maximum atomic E-state index is 12.4. The van der Waals surface area contributed by atoms with Crippen LogP contribution in [0.4, 0.5) is 0 Å². The number of esters is 2. The molecule has 0 spiro atoms. The number of aliphatic carboxylic acids is 1. The highest BCUT2D eigenvalue weighted by atomic mass is 16.5. The summed E-state index contributed by atoms with van der Waals surface area (Å²) in [6.07, 6.45) is 2.87. The van der Waals surface area contributed by atoms with Gasteiger partial charge in [0.1, 0.15) is 0 Å². The minimum Gasteiger partial charge on any atom is -0.480 e. The molecule has 3 N–H and O–H groups in total. The van der Waals surface area contributed by atoms with Gasteiger partial charge in [-0.05, 0) is 32.3 Å². The van der Waals surface area contributed by atoms with Gasteiger partial charge < -0.3 is 25.2 Å². The Morgan fingerprint density at radius 3 is 2.07 bits per heavy atom. The fraction of sp³-hybridized carbons (Fsp3) is 0.667. The molecule has 1 heterocycles. The van der Waals surface area contributed by atoms with E-state index >= 15 is 0 Å². The van der Waals surface area contributed by atoms with Crippen molar-refractivity contribution in [3.05, 3.63) is 35.9 Å². The molecule has 0 aromatic heterocycles. The molecule has 42 heavy (non-hydrogen) atoms. The normalized spacial score (nSPS) is 17.9. The number of nitrogens with zero attached hydrogens (tertiary/aromatic N) is 3. The molecule has 0 saturated carbocycles. The van der Waals surface area contributed by atoms with E-state index in [0.29, 0.717) is 72.0 Å². The zero-order chi connectivity index (χ0) is 30.6. The van der Waals surface area contributed by atoms with E-state index in [9.17, 15) is 24.3 Å². The smallest absolute Gasteiger partial charge is 0.320 e. The van der Waals surface area contributed by atoms with E-state index < -0.39 is 5.97 Å². The Morgan fingerprint density at radius 2 is 1.45 bits per heavy atom. The Balaban J connectivity index is 2.00. The van der Waals surface area contributed by atoms with Crippen LogP contribution in [0.15, 0.2) is 30.3 Å². The van der Waals surface area contributed by atoms with Crippen molar-refractivity contribution < 1.29 is 33.8 Å². The second-order valence-electron chi connectivity index (χ2n) is 10.5. The Hall–Kier alpha value is -3.06. The zero-order valence-electron chi connectivity index (χ0n) is 25.2. The summed E-state index contributed by atoms with van der Waals surface area (Å²) in [6, 6.07) is 9.69. The van der Waals surface area contributed by atoms with Crippen molar-refractivity contribution in [1.82, 2.24) is 25.3 Å². The standard InChI is InChI=1S/C30H49N5O7/c1-3-41-29(39)23-33-15-14-31-26(12-8-9-13-32-27(36)20-25-10-6-5-7-11-25)21-35(24-30(40)42-4-2)19-18-34(17-16-33)22-28(37)38/h5-7,10-11,26,31H,3-4,8-9,12-24H2,1-2H3,(H,32,36)(H,37,38). The van der Waals surface area contributed by atoms with Crippen LogP contribution >= 0.6 is 0 Å². The molecule has 236 valence electrons. The summed E-state index contributed by atoms with van der Waals surface area (Å²) in [6.45, 7) is 8.59. The Bertz CT molecular complexity index is 949. The number of carbonyl (C=O) groups excluding carboxylic acids is 3. The van der Waals surface area contributed by atoms with Gasteiger partial charge in [0.25, 0.3) is 0 Å². The molecule has 1 unspecified atom stereocenters. The number of amides is 1. The third kappa shape index (κ3) is 15.8. The number of hydrogen-bond donors (Lipinski definition) is 3. The Morgan fingerprint density at radius 1 is 0.857 bits per heavy atom. The lowest BCUT2D eigenvalue weighted by Crippen LogP contribution is -2.50. The summed E-state index contributed by atoms with van der Waals surface area (Å²) in [5.74, 6) is -1.54. The SMILES string of the molecule is CCOC(=O)CN1CCNC(CCCCNC(=O)Cc2ccccc2)CN(CC(=O)OCC)CCN(CC(=O)O)CC1. The minimum absolute atomic E-state index is 0.00134. The maximum absolute atomic E-state index is 12.4. The van der Waals surface area contributed by atoms with Crippen LogP contribution in [-0.2, 0) is 35.1 Å². The molecule has 12 heteroatoms. The van der Waals surface area contributed by atoms with Crippen LogP contribution < -0.4 is 10.6 Å². The number of carboxylic acids is 1. The van der Waals surface area contributed by atoms with Gasteiger partial charge in [0.05, 0.1) is 39.3 Å². The monoisotopic (exact) mass is 591 g/mol. The van der Waals surface area contributed by atoms with E-state index in [1.165, 1.54) is 0 Å². The van der Waals surface area contributed by atoms with Gasteiger partial charge >= 0.3 is 17.9 Å². The number of rotatable bonds is 15. The lowest BCUT2D eigenvalue weighted by molar-refractivity contribution is -0.145. The average molecular weight is 592 g/mol. The Labute approximate surface area is 249 Å². The lowest BCUT2D eigenvalue weighted by Gasteiger charge is -2.33. The van der Waals surface area contributed by atoms with Crippen LogP contribution in [-0.4, -0.2) is 135 Å². The number of hydrogen-bond acceptors (Lipinski definition) is 10. The quantitative estimate of drug-likeness (QED) is 0.195. The predicted molar refractivity (Wildman–Crippen MR) is 159 cm³/mol.